The van der Waals surface area contributed by atoms with Gasteiger partial charge in [0.05, 0.1) is 5.69 Å². The number of carbonyl (C=O) groups excluding carboxylic acids is 1. The lowest BCUT2D eigenvalue weighted by atomic mass is 9.84. The molecule has 1 N–H and O–H groups in total. The van der Waals surface area contributed by atoms with E-state index in [1.807, 2.05) is 36.4 Å². The van der Waals surface area contributed by atoms with Crippen LogP contribution in [0.15, 0.2) is 71.3 Å². The Balaban J connectivity index is 1.19. The van der Waals surface area contributed by atoms with Crippen LogP contribution in [-0.2, 0) is 19.9 Å². The second-order valence-electron chi connectivity index (χ2n) is 10.0. The van der Waals surface area contributed by atoms with E-state index >= 15 is 0 Å². The second-order valence-corrected chi connectivity index (χ2v) is 11.0. The molecule has 1 amide bonds. The van der Waals surface area contributed by atoms with E-state index in [1.54, 1.807) is 11.1 Å². The molecule has 0 spiro atoms. The second kappa shape index (κ2) is 9.58. The van der Waals surface area contributed by atoms with Crippen molar-refractivity contribution in [3.63, 3.8) is 0 Å². The standard InChI is InChI=1S/C29H27BrN2O5/c30-19-9-10-26(31-13-19)29(37-17-27(33)34)12-11-18-14-32(15-25(18)29)28(35)36-16-24-22-7-3-1-5-20(22)21-6-2-4-8-23(21)24/h1-10,13,18,24-25H,11-12,14-17H2,(H,33,34). The molecule has 37 heavy (non-hydrogen) atoms. The molecule has 1 aromatic heterocycles. The first-order valence-electron chi connectivity index (χ1n) is 12.5. The molecule has 2 heterocycles. The lowest BCUT2D eigenvalue weighted by Gasteiger charge is -2.34. The van der Waals surface area contributed by atoms with E-state index in [4.69, 9.17) is 9.47 Å². The van der Waals surface area contributed by atoms with E-state index in [2.05, 4.69) is 45.2 Å². The summed E-state index contributed by atoms with van der Waals surface area (Å²) in [6.07, 6.45) is 2.86. The summed E-state index contributed by atoms with van der Waals surface area (Å²) in [7, 11) is 0. The van der Waals surface area contributed by atoms with Crippen LogP contribution in [-0.4, -0.2) is 53.4 Å². The number of aromatic nitrogens is 1. The van der Waals surface area contributed by atoms with Gasteiger partial charge in [0, 0.05) is 35.6 Å². The third kappa shape index (κ3) is 4.22. The van der Waals surface area contributed by atoms with Gasteiger partial charge in [-0.2, -0.15) is 0 Å². The predicted octanol–water partition coefficient (Wildman–Crippen LogP) is 5.43. The molecular weight excluding hydrogens is 536 g/mol. The topological polar surface area (TPSA) is 89.0 Å². The van der Waals surface area contributed by atoms with Gasteiger partial charge in [-0.1, -0.05) is 48.5 Å². The van der Waals surface area contributed by atoms with Gasteiger partial charge in [-0.25, -0.2) is 9.59 Å². The number of halogens is 1. The average molecular weight is 563 g/mol. The third-order valence-electron chi connectivity index (χ3n) is 8.13. The number of rotatable bonds is 6. The van der Waals surface area contributed by atoms with Gasteiger partial charge < -0.3 is 19.5 Å². The number of carboxylic acid groups (broad SMARTS) is 1. The molecule has 0 bridgehead atoms. The number of hydrogen-bond donors (Lipinski definition) is 1. The summed E-state index contributed by atoms with van der Waals surface area (Å²) in [6.45, 7) is 0.869. The highest BCUT2D eigenvalue weighted by Crippen LogP contribution is 2.52. The van der Waals surface area contributed by atoms with Gasteiger partial charge in [0.1, 0.15) is 18.8 Å². The van der Waals surface area contributed by atoms with Crippen LogP contribution in [0.5, 0.6) is 0 Å². The Morgan fingerprint density at radius 3 is 2.38 bits per heavy atom. The molecule has 1 saturated carbocycles. The largest absolute Gasteiger partial charge is 0.480 e. The highest BCUT2D eigenvalue weighted by atomic mass is 79.9. The Morgan fingerprint density at radius 1 is 1.03 bits per heavy atom. The zero-order valence-corrected chi connectivity index (χ0v) is 21.8. The van der Waals surface area contributed by atoms with Crippen molar-refractivity contribution in [2.45, 2.75) is 24.4 Å². The average Bonchev–Trinajstić information content (AvgIpc) is 3.58. The van der Waals surface area contributed by atoms with Crippen LogP contribution in [0.2, 0.25) is 0 Å². The molecule has 0 radical (unpaired) electrons. The van der Waals surface area contributed by atoms with Crippen LogP contribution >= 0.6 is 15.9 Å². The van der Waals surface area contributed by atoms with Gasteiger partial charge >= 0.3 is 12.1 Å². The zero-order valence-electron chi connectivity index (χ0n) is 20.2. The van der Waals surface area contributed by atoms with Gasteiger partial charge in [-0.05, 0) is 69.1 Å². The number of likely N-dealkylation sites (tertiary alicyclic amines) is 1. The maximum atomic E-state index is 13.3. The molecule has 3 aromatic rings. The summed E-state index contributed by atoms with van der Waals surface area (Å²) in [6, 6.07) is 20.3. The van der Waals surface area contributed by atoms with Crippen LogP contribution in [0.25, 0.3) is 11.1 Å². The lowest BCUT2D eigenvalue weighted by Crippen LogP contribution is -2.40. The molecule has 2 aliphatic carbocycles. The Morgan fingerprint density at radius 2 is 1.73 bits per heavy atom. The molecule has 8 heteroatoms. The minimum Gasteiger partial charge on any atom is -0.480 e. The summed E-state index contributed by atoms with van der Waals surface area (Å²) >= 11 is 3.42. The van der Waals surface area contributed by atoms with E-state index in [0.29, 0.717) is 25.2 Å². The number of amides is 1. The quantitative estimate of drug-likeness (QED) is 0.430. The van der Waals surface area contributed by atoms with E-state index in [0.717, 1.165) is 10.9 Å². The number of fused-ring (bicyclic) bond motifs is 4. The van der Waals surface area contributed by atoms with E-state index in [1.165, 1.54) is 22.3 Å². The number of hydrogen-bond acceptors (Lipinski definition) is 5. The van der Waals surface area contributed by atoms with Crippen molar-refractivity contribution in [2.24, 2.45) is 11.8 Å². The van der Waals surface area contributed by atoms with Crippen LogP contribution in [0.1, 0.15) is 35.6 Å². The fourth-order valence-electron chi connectivity index (χ4n) is 6.50. The minimum absolute atomic E-state index is 0.00316. The fourth-order valence-corrected chi connectivity index (χ4v) is 6.73. The van der Waals surface area contributed by atoms with E-state index < -0.39 is 18.2 Å². The zero-order chi connectivity index (χ0) is 25.6. The highest BCUT2D eigenvalue weighted by Gasteiger charge is 2.56. The summed E-state index contributed by atoms with van der Waals surface area (Å²) in [5, 5.41) is 9.34. The maximum absolute atomic E-state index is 13.3. The van der Waals surface area contributed by atoms with Crippen LogP contribution in [0.3, 0.4) is 0 Å². The number of aliphatic carboxylic acids is 1. The Hall–Kier alpha value is -3.23. The van der Waals surface area contributed by atoms with E-state index in [-0.39, 0.29) is 30.5 Å². The molecule has 190 valence electrons. The van der Waals surface area contributed by atoms with Crippen LogP contribution in [0.4, 0.5) is 4.79 Å². The normalized spacial score (nSPS) is 24.0. The van der Waals surface area contributed by atoms with Crippen molar-refractivity contribution in [1.82, 2.24) is 9.88 Å². The monoisotopic (exact) mass is 562 g/mol. The summed E-state index contributed by atoms with van der Waals surface area (Å²) in [5.41, 5.74) is 4.60. The summed E-state index contributed by atoms with van der Waals surface area (Å²) in [5.74, 6) is -0.879. The maximum Gasteiger partial charge on any atom is 0.409 e. The molecule has 2 aromatic carbocycles. The van der Waals surface area contributed by atoms with Gasteiger partial charge in [0.2, 0.25) is 0 Å². The van der Waals surface area contributed by atoms with Crippen molar-refractivity contribution in [1.29, 1.82) is 0 Å². The molecule has 3 atom stereocenters. The van der Waals surface area contributed by atoms with Gasteiger partial charge in [-0.3, -0.25) is 4.98 Å². The van der Waals surface area contributed by atoms with Crippen LogP contribution < -0.4 is 0 Å². The van der Waals surface area contributed by atoms with E-state index in [9.17, 15) is 14.7 Å². The van der Waals surface area contributed by atoms with Gasteiger partial charge in [0.15, 0.2) is 0 Å². The minimum atomic E-state index is -1.02. The molecule has 3 unspecified atom stereocenters. The first kappa shape index (κ1) is 24.1. The SMILES string of the molecule is O=C(O)COC1(c2ccc(Br)cn2)CCC2CN(C(=O)OCC3c4ccccc4-c4ccccc43)CC21. The number of ether oxygens (including phenoxy) is 2. The van der Waals surface area contributed by atoms with Crippen molar-refractivity contribution >= 4 is 28.0 Å². The number of benzene rings is 2. The Kier molecular flexibility index (Phi) is 6.24. The predicted molar refractivity (Wildman–Crippen MR) is 140 cm³/mol. The first-order chi connectivity index (χ1) is 18.0. The van der Waals surface area contributed by atoms with Crippen molar-refractivity contribution in [3.05, 3.63) is 88.2 Å². The van der Waals surface area contributed by atoms with Crippen LogP contribution in [0, 0.1) is 11.8 Å². The molecule has 2 fully saturated rings. The molecule has 1 saturated heterocycles. The molecule has 1 aliphatic heterocycles. The smallest absolute Gasteiger partial charge is 0.409 e. The highest BCUT2D eigenvalue weighted by molar-refractivity contribution is 9.10. The van der Waals surface area contributed by atoms with Crippen molar-refractivity contribution in [2.75, 3.05) is 26.3 Å². The molecule has 6 rings (SSSR count). The number of carbonyl (C=O) groups is 2. The molecule has 7 nitrogen and oxygen atoms in total. The Bertz CT molecular complexity index is 1300. The molecular formula is C29H27BrN2O5. The number of carboxylic acids is 1. The Labute approximate surface area is 223 Å². The third-order valence-corrected chi connectivity index (χ3v) is 8.60. The van der Waals surface area contributed by atoms with Crippen molar-refractivity contribution in [3.8, 4) is 11.1 Å². The fraction of sp³-hybridized carbons (Fsp3) is 0.345. The van der Waals surface area contributed by atoms with Crippen molar-refractivity contribution < 1.29 is 24.2 Å². The van der Waals surface area contributed by atoms with Gasteiger partial charge in [0.25, 0.3) is 0 Å². The molecule has 3 aliphatic rings. The number of nitrogens with zero attached hydrogens (tertiary/aromatic N) is 2. The number of pyridine rings is 1. The van der Waals surface area contributed by atoms with Gasteiger partial charge in [-0.15, -0.1) is 0 Å². The lowest BCUT2D eigenvalue weighted by molar-refractivity contribution is -0.154. The summed E-state index contributed by atoms with van der Waals surface area (Å²) in [4.78, 5) is 31.0. The first-order valence-corrected chi connectivity index (χ1v) is 13.3. The summed E-state index contributed by atoms with van der Waals surface area (Å²) < 4.78 is 12.8.